The summed E-state index contributed by atoms with van der Waals surface area (Å²) in [6.07, 6.45) is 3.70. The number of rotatable bonds is 5. The van der Waals surface area contributed by atoms with E-state index in [1.165, 1.54) is 48.5 Å². The van der Waals surface area contributed by atoms with Gasteiger partial charge in [0.25, 0.3) is 5.69 Å². The van der Waals surface area contributed by atoms with Crippen molar-refractivity contribution >= 4 is 40.6 Å². The van der Waals surface area contributed by atoms with Gasteiger partial charge in [-0.1, -0.05) is 60.7 Å². The highest BCUT2D eigenvalue weighted by molar-refractivity contribution is 6.18. The molecule has 0 aromatic heterocycles. The number of nitro benzene ring substituents is 1. The van der Waals surface area contributed by atoms with Gasteiger partial charge in [0.1, 0.15) is 17.3 Å². The molecule has 7 rings (SSSR count). The summed E-state index contributed by atoms with van der Waals surface area (Å²) in [5.74, 6) is -3.76. The lowest BCUT2D eigenvalue weighted by Crippen LogP contribution is -2.51. The molecule has 0 aliphatic carbocycles. The highest BCUT2D eigenvalue weighted by atomic mass is 19.1. The molecule has 3 aliphatic heterocycles. The largest absolute Gasteiger partial charge is 0.352 e. The molecule has 1 amide bonds. The first-order valence-electron chi connectivity index (χ1n) is 13.4. The van der Waals surface area contributed by atoms with Crippen LogP contribution in [0.5, 0.6) is 0 Å². The van der Waals surface area contributed by atoms with E-state index in [1.54, 1.807) is 29.2 Å². The fourth-order valence-corrected chi connectivity index (χ4v) is 6.87. The summed E-state index contributed by atoms with van der Waals surface area (Å²) in [6.45, 7) is 0. The smallest absolute Gasteiger partial charge is 0.269 e. The van der Waals surface area contributed by atoms with Crippen molar-refractivity contribution in [2.75, 3.05) is 10.2 Å². The fraction of sp³-hybridized carbons (Fsp3) is 0.121. The molecule has 0 bridgehead atoms. The van der Waals surface area contributed by atoms with Gasteiger partial charge in [0.05, 0.1) is 22.4 Å². The molecular formula is C33H22FN3O5. The Labute approximate surface area is 239 Å². The summed E-state index contributed by atoms with van der Waals surface area (Å²) in [4.78, 5) is 56.0. The number of halogens is 1. The number of ketones is 2. The standard InChI is InChI=1S/C33H22FN3O5/c34-24-10-4-2-8-22(24)31(39)28-29(30(38)20-13-16-21(17-14-20)37(41)42)36-26-12-6-1-7-19(26)15-18-27(36)33(28)23-9-3-5-11-25(23)35-32(33)40/h1-18,27-29H,(H,35,40)/t27-,28-,29+,33-/m1/s1. The normalized spacial score (nSPS) is 23.2. The number of anilines is 2. The van der Waals surface area contributed by atoms with E-state index < -0.39 is 51.6 Å². The average Bonchev–Trinajstić information content (AvgIpc) is 3.49. The molecule has 1 N–H and O–H groups in total. The monoisotopic (exact) mass is 559 g/mol. The van der Waals surface area contributed by atoms with Crippen LogP contribution >= 0.6 is 0 Å². The van der Waals surface area contributed by atoms with Crippen LogP contribution < -0.4 is 10.2 Å². The molecule has 0 saturated carbocycles. The molecule has 1 spiro atoms. The lowest BCUT2D eigenvalue weighted by atomic mass is 9.64. The first-order valence-corrected chi connectivity index (χ1v) is 13.4. The van der Waals surface area contributed by atoms with Gasteiger partial charge in [-0.2, -0.15) is 0 Å². The Hall–Kier alpha value is -5.44. The van der Waals surface area contributed by atoms with Gasteiger partial charge in [-0.05, 0) is 47.5 Å². The molecule has 3 aliphatic rings. The molecule has 206 valence electrons. The number of nitro groups is 1. The maximum absolute atomic E-state index is 15.2. The van der Waals surface area contributed by atoms with Crippen LogP contribution in [0.25, 0.3) is 6.08 Å². The van der Waals surface area contributed by atoms with Gasteiger partial charge in [0, 0.05) is 29.1 Å². The van der Waals surface area contributed by atoms with Crippen LogP contribution in [0.1, 0.15) is 31.8 Å². The van der Waals surface area contributed by atoms with E-state index in [9.17, 15) is 24.5 Å². The lowest BCUT2D eigenvalue weighted by molar-refractivity contribution is -0.384. The predicted octanol–water partition coefficient (Wildman–Crippen LogP) is 5.59. The second-order valence-electron chi connectivity index (χ2n) is 10.6. The third kappa shape index (κ3) is 3.43. The lowest BCUT2D eigenvalue weighted by Gasteiger charge is -2.37. The highest BCUT2D eigenvalue weighted by Gasteiger charge is 2.70. The summed E-state index contributed by atoms with van der Waals surface area (Å²) in [5.41, 5.74) is 0.626. The third-order valence-electron chi connectivity index (χ3n) is 8.59. The number of hydrogen-bond donors (Lipinski definition) is 1. The maximum atomic E-state index is 15.2. The minimum atomic E-state index is -1.58. The van der Waals surface area contributed by atoms with Crippen molar-refractivity contribution in [2.45, 2.75) is 17.5 Å². The topological polar surface area (TPSA) is 110 Å². The molecule has 1 saturated heterocycles. The number of Topliss-reactive ketones (excluding diaryl/α,β-unsaturated/α-hetero) is 2. The van der Waals surface area contributed by atoms with E-state index in [-0.39, 0.29) is 16.8 Å². The number of nitrogens with one attached hydrogen (secondary N) is 1. The number of nitrogens with zero attached hydrogens (tertiary/aromatic N) is 2. The number of hydrogen-bond acceptors (Lipinski definition) is 6. The van der Waals surface area contributed by atoms with Crippen molar-refractivity contribution in [2.24, 2.45) is 5.92 Å². The van der Waals surface area contributed by atoms with Crippen LogP contribution in [-0.2, 0) is 10.2 Å². The summed E-state index contributed by atoms with van der Waals surface area (Å²) >= 11 is 0. The zero-order valence-corrected chi connectivity index (χ0v) is 21.9. The molecule has 8 nitrogen and oxygen atoms in total. The summed E-state index contributed by atoms with van der Waals surface area (Å²) in [6, 6.07) is 23.1. The molecule has 4 atom stereocenters. The molecule has 42 heavy (non-hydrogen) atoms. The Morgan fingerprint density at radius 3 is 2.33 bits per heavy atom. The molecule has 3 heterocycles. The van der Waals surface area contributed by atoms with Gasteiger partial charge in [-0.3, -0.25) is 24.5 Å². The molecule has 0 radical (unpaired) electrons. The van der Waals surface area contributed by atoms with Gasteiger partial charge in [-0.25, -0.2) is 4.39 Å². The predicted molar refractivity (Wildman–Crippen MR) is 154 cm³/mol. The fourth-order valence-electron chi connectivity index (χ4n) is 6.87. The zero-order valence-electron chi connectivity index (χ0n) is 21.9. The summed E-state index contributed by atoms with van der Waals surface area (Å²) in [7, 11) is 0. The average molecular weight is 560 g/mol. The third-order valence-corrected chi connectivity index (χ3v) is 8.59. The molecule has 0 unspecified atom stereocenters. The van der Waals surface area contributed by atoms with Gasteiger partial charge in [0.2, 0.25) is 5.91 Å². The number of amides is 1. The van der Waals surface area contributed by atoms with Gasteiger partial charge >= 0.3 is 0 Å². The highest BCUT2D eigenvalue weighted by Crippen LogP contribution is 2.58. The van der Waals surface area contributed by atoms with Crippen molar-refractivity contribution in [1.82, 2.24) is 0 Å². The number of non-ortho nitro benzene ring substituents is 1. The molecule has 4 aromatic rings. The van der Waals surface area contributed by atoms with E-state index in [2.05, 4.69) is 5.32 Å². The Kier molecular flexibility index (Phi) is 5.65. The number of carbonyl (C=O) groups excluding carboxylic acids is 3. The van der Waals surface area contributed by atoms with E-state index in [0.717, 1.165) is 5.56 Å². The first kappa shape index (κ1) is 25.5. The first-order chi connectivity index (χ1) is 20.3. The van der Waals surface area contributed by atoms with Crippen LogP contribution in [0.2, 0.25) is 0 Å². The van der Waals surface area contributed by atoms with Gasteiger partial charge < -0.3 is 10.2 Å². The Bertz CT molecular complexity index is 1850. The van der Waals surface area contributed by atoms with Gasteiger partial charge in [-0.15, -0.1) is 0 Å². The minimum Gasteiger partial charge on any atom is -0.352 e. The van der Waals surface area contributed by atoms with E-state index in [1.807, 2.05) is 36.4 Å². The van der Waals surface area contributed by atoms with Crippen LogP contribution in [0.4, 0.5) is 21.5 Å². The van der Waals surface area contributed by atoms with Crippen molar-refractivity contribution in [1.29, 1.82) is 0 Å². The maximum Gasteiger partial charge on any atom is 0.269 e. The van der Waals surface area contributed by atoms with Crippen LogP contribution in [0.3, 0.4) is 0 Å². The number of fused-ring (bicyclic) bond motifs is 6. The van der Waals surface area contributed by atoms with Crippen molar-refractivity contribution in [3.8, 4) is 0 Å². The summed E-state index contributed by atoms with van der Waals surface area (Å²) in [5, 5.41) is 14.2. The molecule has 1 fully saturated rings. The van der Waals surface area contributed by atoms with Crippen LogP contribution in [0.15, 0.2) is 103 Å². The second kappa shape index (κ2) is 9.31. The number of para-hydroxylation sites is 2. The minimum absolute atomic E-state index is 0.131. The van der Waals surface area contributed by atoms with E-state index >= 15 is 4.39 Å². The molecule has 9 heteroatoms. The number of carbonyl (C=O) groups is 3. The Morgan fingerprint density at radius 2 is 1.57 bits per heavy atom. The second-order valence-corrected chi connectivity index (χ2v) is 10.6. The van der Waals surface area contributed by atoms with Crippen molar-refractivity contribution in [3.05, 3.63) is 141 Å². The number of benzene rings is 4. The van der Waals surface area contributed by atoms with Gasteiger partial charge in [0.15, 0.2) is 11.6 Å². The Balaban J connectivity index is 1.52. The van der Waals surface area contributed by atoms with Crippen molar-refractivity contribution < 1.29 is 23.7 Å². The molecule has 4 aromatic carbocycles. The summed E-state index contributed by atoms with van der Waals surface area (Å²) < 4.78 is 15.2. The SMILES string of the molecule is O=C(c1ccc([N+](=O)[O-])cc1)[C@@H]1[C@H](C(=O)c2ccccc2F)[C@]2(C(=O)Nc3ccccc32)[C@H]2C=Cc3ccccc3N12. The quantitative estimate of drug-likeness (QED) is 0.194. The Morgan fingerprint density at radius 1 is 0.881 bits per heavy atom. The van der Waals surface area contributed by atoms with Crippen LogP contribution in [-0.4, -0.2) is 34.5 Å². The van der Waals surface area contributed by atoms with Crippen molar-refractivity contribution in [3.63, 3.8) is 0 Å². The van der Waals surface area contributed by atoms with E-state index in [0.29, 0.717) is 16.9 Å². The zero-order chi connectivity index (χ0) is 29.2. The van der Waals surface area contributed by atoms with Crippen LogP contribution in [0, 0.1) is 21.8 Å². The van der Waals surface area contributed by atoms with E-state index in [4.69, 9.17) is 0 Å². The molecular weight excluding hydrogens is 537 g/mol.